The summed E-state index contributed by atoms with van der Waals surface area (Å²) < 4.78 is 11.7. The lowest BCUT2D eigenvalue weighted by Crippen LogP contribution is -2.05. The Kier molecular flexibility index (Phi) is 4.01. The lowest BCUT2D eigenvalue weighted by molar-refractivity contribution is 0.254. The number of ether oxygens (including phenoxy) is 2. The molecule has 112 valence electrons. The molecule has 0 saturated carbocycles. The molecule has 0 radical (unpaired) electrons. The minimum Gasteiger partial charge on any atom is -0.493 e. The van der Waals surface area contributed by atoms with Gasteiger partial charge in [0.2, 0.25) is 0 Å². The number of aromatic nitrogens is 1. The van der Waals surface area contributed by atoms with Crippen molar-refractivity contribution in [1.82, 2.24) is 4.98 Å². The second kappa shape index (κ2) is 5.93. The van der Waals surface area contributed by atoms with Crippen LogP contribution in [0.3, 0.4) is 0 Å². The molecule has 0 aliphatic carbocycles. The van der Waals surface area contributed by atoms with Gasteiger partial charge in [-0.2, -0.15) is 0 Å². The molecule has 1 aliphatic rings. The third-order valence-corrected chi connectivity index (χ3v) is 4.39. The van der Waals surface area contributed by atoms with Crippen LogP contribution in [0, 0.1) is 0 Å². The van der Waals surface area contributed by atoms with Crippen molar-refractivity contribution in [2.75, 3.05) is 18.5 Å². The van der Waals surface area contributed by atoms with Crippen LogP contribution in [-0.4, -0.2) is 24.2 Å². The van der Waals surface area contributed by atoms with E-state index in [0.717, 1.165) is 40.0 Å². The van der Waals surface area contributed by atoms with E-state index in [1.54, 1.807) is 11.3 Å². The molecular weight excluding hydrogens is 284 g/mol. The molecule has 1 N–H and O–H groups in total. The van der Waals surface area contributed by atoms with Crippen molar-refractivity contribution >= 4 is 16.5 Å². The minimum atomic E-state index is 0.239. The zero-order chi connectivity index (χ0) is 14.8. The molecule has 0 spiro atoms. The van der Waals surface area contributed by atoms with E-state index in [9.17, 15) is 0 Å². The molecule has 2 heterocycles. The van der Waals surface area contributed by atoms with E-state index >= 15 is 0 Å². The molecule has 3 rings (SSSR count). The fourth-order valence-corrected chi connectivity index (χ4v) is 3.44. The second-order valence-electron chi connectivity index (χ2n) is 5.08. The van der Waals surface area contributed by atoms with Crippen molar-refractivity contribution in [2.45, 2.75) is 33.3 Å². The lowest BCUT2D eigenvalue weighted by atomic mass is 10.1. The van der Waals surface area contributed by atoms with Gasteiger partial charge >= 0.3 is 0 Å². The lowest BCUT2D eigenvalue weighted by Gasteiger charge is -2.11. The Labute approximate surface area is 129 Å². The van der Waals surface area contributed by atoms with Crippen molar-refractivity contribution in [1.29, 1.82) is 0 Å². The van der Waals surface area contributed by atoms with Gasteiger partial charge in [-0.3, -0.25) is 0 Å². The smallest absolute Gasteiger partial charge is 0.183 e. The summed E-state index contributed by atoms with van der Waals surface area (Å²) in [5.41, 5.74) is 2.29. The highest BCUT2D eigenvalue weighted by atomic mass is 32.1. The summed E-state index contributed by atoms with van der Waals surface area (Å²) in [6, 6.07) is 4.21. The third-order valence-electron chi connectivity index (χ3n) is 3.40. The first-order valence-electron chi connectivity index (χ1n) is 7.37. The van der Waals surface area contributed by atoms with Crippen LogP contribution >= 0.6 is 11.3 Å². The molecule has 0 amide bonds. The topological polar surface area (TPSA) is 43.4 Å². The maximum atomic E-state index is 5.87. The monoisotopic (exact) mass is 304 g/mol. The summed E-state index contributed by atoms with van der Waals surface area (Å²) in [5, 5.41) is 4.18. The standard InChI is InChI=1S/C16H20N2O2S/c1-4-17-16-18-9-15(21-16)12-8-13-11(6-10(3)20-13)7-14(12)19-5-2/h7-10H,4-6H2,1-3H3,(H,17,18). The number of hydrogen-bond donors (Lipinski definition) is 1. The van der Waals surface area contributed by atoms with E-state index in [1.807, 2.05) is 13.1 Å². The van der Waals surface area contributed by atoms with Crippen LogP contribution in [0.15, 0.2) is 18.3 Å². The van der Waals surface area contributed by atoms with Crippen LogP contribution in [0.4, 0.5) is 5.13 Å². The fraction of sp³-hybridized carbons (Fsp3) is 0.438. The van der Waals surface area contributed by atoms with Gasteiger partial charge in [0.25, 0.3) is 0 Å². The Morgan fingerprint density at radius 3 is 3.05 bits per heavy atom. The minimum absolute atomic E-state index is 0.239. The first-order chi connectivity index (χ1) is 10.2. The highest BCUT2D eigenvalue weighted by molar-refractivity contribution is 7.18. The Balaban J connectivity index is 2.01. The highest BCUT2D eigenvalue weighted by Crippen LogP contribution is 2.42. The van der Waals surface area contributed by atoms with Crippen LogP contribution < -0.4 is 14.8 Å². The van der Waals surface area contributed by atoms with Gasteiger partial charge < -0.3 is 14.8 Å². The number of nitrogens with one attached hydrogen (secondary N) is 1. The molecule has 0 fully saturated rings. The van der Waals surface area contributed by atoms with E-state index in [4.69, 9.17) is 9.47 Å². The molecule has 5 heteroatoms. The number of rotatable bonds is 5. The van der Waals surface area contributed by atoms with E-state index < -0.39 is 0 Å². The zero-order valence-corrected chi connectivity index (χ0v) is 13.4. The molecular formula is C16H20N2O2S. The molecule has 2 aromatic rings. The van der Waals surface area contributed by atoms with E-state index in [-0.39, 0.29) is 6.10 Å². The first-order valence-corrected chi connectivity index (χ1v) is 8.19. The summed E-state index contributed by atoms with van der Waals surface area (Å²) in [5.74, 6) is 1.89. The number of fused-ring (bicyclic) bond motifs is 1. The Hall–Kier alpha value is -1.75. The average Bonchev–Trinajstić information content (AvgIpc) is 3.04. The normalized spacial score (nSPS) is 16.4. The Bertz CT molecular complexity index is 639. The van der Waals surface area contributed by atoms with Crippen LogP contribution in [0.1, 0.15) is 26.3 Å². The van der Waals surface area contributed by atoms with Gasteiger partial charge in [0.15, 0.2) is 5.13 Å². The number of nitrogens with zero attached hydrogens (tertiary/aromatic N) is 1. The summed E-state index contributed by atoms with van der Waals surface area (Å²) in [6.45, 7) is 7.69. The molecule has 1 aliphatic heterocycles. The van der Waals surface area contributed by atoms with Gasteiger partial charge in [0, 0.05) is 30.3 Å². The first kappa shape index (κ1) is 14.2. The van der Waals surface area contributed by atoms with Crippen LogP contribution in [-0.2, 0) is 6.42 Å². The van der Waals surface area contributed by atoms with Crippen molar-refractivity contribution < 1.29 is 9.47 Å². The Morgan fingerprint density at radius 2 is 2.29 bits per heavy atom. The molecule has 21 heavy (non-hydrogen) atoms. The van der Waals surface area contributed by atoms with Gasteiger partial charge in [-0.05, 0) is 32.9 Å². The quantitative estimate of drug-likeness (QED) is 0.908. The van der Waals surface area contributed by atoms with Crippen molar-refractivity contribution in [3.05, 3.63) is 23.9 Å². The van der Waals surface area contributed by atoms with E-state index in [1.165, 1.54) is 5.56 Å². The number of thiazole rings is 1. The third kappa shape index (κ3) is 2.83. The number of benzene rings is 1. The van der Waals surface area contributed by atoms with Gasteiger partial charge in [-0.25, -0.2) is 4.98 Å². The summed E-state index contributed by atoms with van der Waals surface area (Å²) in [6.07, 6.45) is 3.08. The average molecular weight is 304 g/mol. The second-order valence-corrected chi connectivity index (χ2v) is 6.11. The Morgan fingerprint density at radius 1 is 1.43 bits per heavy atom. The summed E-state index contributed by atoms with van der Waals surface area (Å²) >= 11 is 1.64. The van der Waals surface area contributed by atoms with Crippen LogP contribution in [0.5, 0.6) is 11.5 Å². The summed E-state index contributed by atoms with van der Waals surface area (Å²) in [4.78, 5) is 5.50. The maximum absolute atomic E-state index is 5.87. The molecule has 0 bridgehead atoms. The predicted octanol–water partition coefficient (Wildman–Crippen LogP) is 3.96. The molecule has 0 saturated heterocycles. The van der Waals surface area contributed by atoms with Gasteiger partial charge in [-0.15, -0.1) is 0 Å². The fourth-order valence-electron chi connectivity index (χ4n) is 2.54. The van der Waals surface area contributed by atoms with Gasteiger partial charge in [0.1, 0.15) is 17.6 Å². The largest absolute Gasteiger partial charge is 0.493 e. The van der Waals surface area contributed by atoms with E-state index in [2.05, 4.69) is 36.3 Å². The molecule has 1 aromatic carbocycles. The van der Waals surface area contributed by atoms with Crippen LogP contribution in [0.25, 0.3) is 10.4 Å². The number of anilines is 1. The highest BCUT2D eigenvalue weighted by Gasteiger charge is 2.23. The molecule has 4 nitrogen and oxygen atoms in total. The van der Waals surface area contributed by atoms with Gasteiger partial charge in [-0.1, -0.05) is 11.3 Å². The number of hydrogen-bond acceptors (Lipinski definition) is 5. The SMILES string of the molecule is CCNc1ncc(-c2cc3c(cc2OCC)CC(C)O3)s1. The molecule has 1 aromatic heterocycles. The van der Waals surface area contributed by atoms with Crippen LogP contribution in [0.2, 0.25) is 0 Å². The molecule has 1 atom stereocenters. The van der Waals surface area contributed by atoms with E-state index in [0.29, 0.717) is 6.61 Å². The maximum Gasteiger partial charge on any atom is 0.183 e. The summed E-state index contributed by atoms with van der Waals surface area (Å²) in [7, 11) is 0. The van der Waals surface area contributed by atoms with Crippen molar-refractivity contribution in [2.24, 2.45) is 0 Å². The molecule has 1 unspecified atom stereocenters. The predicted molar refractivity (Wildman–Crippen MR) is 86.7 cm³/mol. The van der Waals surface area contributed by atoms with Gasteiger partial charge in [0.05, 0.1) is 11.5 Å². The zero-order valence-electron chi connectivity index (χ0n) is 12.6. The van der Waals surface area contributed by atoms with Crippen molar-refractivity contribution in [3.63, 3.8) is 0 Å². The van der Waals surface area contributed by atoms with Crippen molar-refractivity contribution in [3.8, 4) is 21.9 Å².